The van der Waals surface area contributed by atoms with E-state index in [-0.39, 0.29) is 36.6 Å². The number of aliphatic hydroxyl groups excluding tert-OH is 1. The number of aromatic nitrogens is 1. The molecule has 1 aromatic carbocycles. The van der Waals surface area contributed by atoms with Gasteiger partial charge in [0.15, 0.2) is 0 Å². The quantitative estimate of drug-likeness (QED) is 0.368. The number of hydrogen-bond donors (Lipinski definition) is 1. The highest BCUT2D eigenvalue weighted by Crippen LogP contribution is 2.46. The first-order valence-corrected chi connectivity index (χ1v) is 19.1. The minimum Gasteiger partial charge on any atom is -0.444 e. The molecule has 1 N–H and O–H groups in total. The number of fused-ring (bicyclic) bond motifs is 2. The first-order valence-electron chi connectivity index (χ1n) is 17.1. The number of amides is 3. The Morgan fingerprint density at radius 3 is 2.33 bits per heavy atom. The second kappa shape index (κ2) is 14.6. The molecule has 3 amide bonds. The van der Waals surface area contributed by atoms with Crippen LogP contribution in [0.5, 0.6) is 0 Å². The number of carbonyl (C=O) groups excluding carboxylic acids is 3. The van der Waals surface area contributed by atoms with E-state index in [9.17, 15) is 19.5 Å². The van der Waals surface area contributed by atoms with Crippen molar-refractivity contribution in [3.8, 4) is 0 Å². The van der Waals surface area contributed by atoms with E-state index < -0.39 is 23.8 Å². The van der Waals surface area contributed by atoms with Crippen LogP contribution in [0.2, 0.25) is 5.02 Å². The lowest BCUT2D eigenvalue weighted by Crippen LogP contribution is -2.51. The molecule has 0 bridgehead atoms. The predicted octanol–water partition coefficient (Wildman–Crippen LogP) is 6.73. The number of nitrogens with zero attached hydrogens (tertiary/aromatic N) is 4. The SMILES string of the molecule is CC(C)(C)OC(=O)N1C[C@H](O)C[C@H]1C(=O)N1CCC(CC(=O)N2CCC([C@H]3c4ncc(Br)cc4CCc4cc(Cl)cc(Br)c43)CC2)CC1. The molecule has 3 fully saturated rings. The van der Waals surface area contributed by atoms with Gasteiger partial charge in [-0.25, -0.2) is 4.79 Å². The average molecular weight is 809 g/mol. The van der Waals surface area contributed by atoms with Gasteiger partial charge in [0.05, 0.1) is 18.3 Å². The van der Waals surface area contributed by atoms with Crippen LogP contribution in [0.25, 0.3) is 0 Å². The van der Waals surface area contributed by atoms with Crippen LogP contribution in [0, 0.1) is 11.8 Å². The van der Waals surface area contributed by atoms with Crippen molar-refractivity contribution in [3.63, 3.8) is 0 Å². The molecular formula is C36H45Br2ClN4O5. The fourth-order valence-electron chi connectivity index (χ4n) is 8.03. The summed E-state index contributed by atoms with van der Waals surface area (Å²) in [6, 6.07) is 5.56. The number of piperidine rings is 2. The van der Waals surface area contributed by atoms with Crippen molar-refractivity contribution in [3.05, 3.63) is 60.7 Å². The van der Waals surface area contributed by atoms with Crippen LogP contribution >= 0.6 is 43.5 Å². The Labute approximate surface area is 305 Å². The molecule has 2 aromatic rings. The van der Waals surface area contributed by atoms with Gasteiger partial charge in [0.25, 0.3) is 0 Å². The molecule has 1 aliphatic carbocycles. The first kappa shape index (κ1) is 35.6. The van der Waals surface area contributed by atoms with Gasteiger partial charge in [0, 0.05) is 65.1 Å². The van der Waals surface area contributed by atoms with Crippen molar-refractivity contribution >= 4 is 61.4 Å². The summed E-state index contributed by atoms with van der Waals surface area (Å²) in [4.78, 5) is 49.9. The van der Waals surface area contributed by atoms with Crippen LogP contribution in [0.3, 0.4) is 0 Å². The fraction of sp³-hybridized carbons (Fsp3) is 0.611. The Hall–Kier alpha value is -2.21. The highest BCUT2D eigenvalue weighted by molar-refractivity contribution is 9.10. The molecule has 9 nitrogen and oxygen atoms in total. The molecule has 4 heterocycles. The van der Waals surface area contributed by atoms with Crippen molar-refractivity contribution in [2.45, 2.75) is 95.8 Å². The second-order valence-corrected chi connectivity index (χ2v) is 17.1. The van der Waals surface area contributed by atoms with Crippen molar-refractivity contribution < 1.29 is 24.2 Å². The number of β-amino-alcohol motifs (C(OH)–C–C–N with tert-alkyl or cyclic N) is 1. The van der Waals surface area contributed by atoms with Gasteiger partial charge in [-0.3, -0.25) is 19.5 Å². The first-order chi connectivity index (χ1) is 22.8. The number of rotatable bonds is 4. The smallest absolute Gasteiger partial charge is 0.411 e. The van der Waals surface area contributed by atoms with Gasteiger partial charge in [-0.15, -0.1) is 0 Å². The summed E-state index contributed by atoms with van der Waals surface area (Å²) in [5.41, 5.74) is 4.25. The average Bonchev–Trinajstić information content (AvgIpc) is 3.35. The summed E-state index contributed by atoms with van der Waals surface area (Å²) in [6.45, 7) is 7.95. The maximum Gasteiger partial charge on any atom is 0.411 e. The lowest BCUT2D eigenvalue weighted by molar-refractivity contribution is -0.138. The van der Waals surface area contributed by atoms with Crippen LogP contribution in [-0.2, 0) is 27.2 Å². The highest BCUT2D eigenvalue weighted by Gasteiger charge is 2.43. The molecule has 3 saturated heterocycles. The number of hydrogen-bond acceptors (Lipinski definition) is 6. The summed E-state index contributed by atoms with van der Waals surface area (Å²) < 4.78 is 7.51. The summed E-state index contributed by atoms with van der Waals surface area (Å²) in [7, 11) is 0. The zero-order valence-electron chi connectivity index (χ0n) is 27.9. The number of carbonyl (C=O) groups is 3. The van der Waals surface area contributed by atoms with Crippen LogP contribution in [0.4, 0.5) is 4.79 Å². The van der Waals surface area contributed by atoms with Gasteiger partial charge in [-0.2, -0.15) is 0 Å². The summed E-state index contributed by atoms with van der Waals surface area (Å²) in [5, 5.41) is 11.0. The van der Waals surface area contributed by atoms with E-state index in [1.807, 2.05) is 17.2 Å². The topological polar surface area (TPSA) is 103 Å². The Morgan fingerprint density at radius 2 is 1.65 bits per heavy atom. The Balaban J connectivity index is 1.04. The molecule has 3 aliphatic heterocycles. The zero-order valence-corrected chi connectivity index (χ0v) is 31.8. The van der Waals surface area contributed by atoms with Gasteiger partial charge in [-0.1, -0.05) is 27.5 Å². The van der Waals surface area contributed by atoms with E-state index in [1.165, 1.54) is 21.6 Å². The molecule has 0 saturated carbocycles. The third-order valence-electron chi connectivity index (χ3n) is 10.4. The molecule has 0 unspecified atom stereocenters. The standard InChI is InChI=1S/C36H45Br2ClN4O5/c1-36(2,3)48-35(47)43-20-27(44)18-29(43)34(46)42-10-6-21(7-11-42)14-30(45)41-12-8-22(9-13-41)32-31-23(16-26(39)17-28(31)38)4-5-24-15-25(37)19-40-33(24)32/h15-17,19,21-22,27,29,32,44H,4-14,18,20H2,1-3H3/t27-,29+,32-/m1/s1. The number of benzene rings is 1. The number of halogens is 3. The predicted molar refractivity (Wildman–Crippen MR) is 191 cm³/mol. The van der Waals surface area contributed by atoms with Gasteiger partial charge in [-0.05, 0) is 122 Å². The molecule has 6 rings (SSSR count). The van der Waals surface area contributed by atoms with E-state index in [4.69, 9.17) is 21.3 Å². The largest absolute Gasteiger partial charge is 0.444 e. The minimum absolute atomic E-state index is 0.0899. The van der Waals surface area contributed by atoms with Gasteiger partial charge < -0.3 is 19.6 Å². The van der Waals surface area contributed by atoms with Crippen LogP contribution in [0.15, 0.2) is 33.3 Å². The van der Waals surface area contributed by atoms with Crippen LogP contribution in [0.1, 0.15) is 87.6 Å². The number of aryl methyl sites for hydroxylation is 2. The van der Waals surface area contributed by atoms with Crippen molar-refractivity contribution in [1.29, 1.82) is 0 Å². The molecule has 260 valence electrons. The Bertz CT molecular complexity index is 1550. The Morgan fingerprint density at radius 1 is 0.979 bits per heavy atom. The molecule has 12 heteroatoms. The molecule has 3 atom stereocenters. The van der Waals surface area contributed by atoms with Crippen molar-refractivity contribution in [2.75, 3.05) is 32.7 Å². The summed E-state index contributed by atoms with van der Waals surface area (Å²) >= 11 is 13.9. The monoisotopic (exact) mass is 806 g/mol. The third-order valence-corrected chi connectivity index (χ3v) is 11.7. The number of likely N-dealkylation sites (tertiary alicyclic amines) is 3. The molecule has 0 spiro atoms. The van der Waals surface area contributed by atoms with Crippen molar-refractivity contribution in [2.24, 2.45) is 11.8 Å². The Kier molecular flexibility index (Phi) is 10.8. The number of ether oxygens (including phenoxy) is 1. The normalized spacial score (nSPS) is 23.8. The second-order valence-electron chi connectivity index (χ2n) is 14.9. The summed E-state index contributed by atoms with van der Waals surface area (Å²) in [6.07, 6.45) is 6.35. The maximum atomic E-state index is 13.5. The molecular weight excluding hydrogens is 764 g/mol. The zero-order chi connectivity index (χ0) is 34.3. The lowest BCUT2D eigenvalue weighted by Gasteiger charge is -2.38. The van der Waals surface area contributed by atoms with E-state index in [1.54, 1.807) is 25.7 Å². The van der Waals surface area contributed by atoms with Gasteiger partial charge >= 0.3 is 6.09 Å². The lowest BCUT2D eigenvalue weighted by atomic mass is 9.76. The molecule has 1 aromatic heterocycles. The van der Waals surface area contributed by atoms with E-state index in [2.05, 4.69) is 44.0 Å². The third kappa shape index (κ3) is 7.89. The highest BCUT2D eigenvalue weighted by atomic mass is 79.9. The van der Waals surface area contributed by atoms with E-state index in [0.29, 0.717) is 38.5 Å². The van der Waals surface area contributed by atoms with Crippen LogP contribution < -0.4 is 0 Å². The molecule has 48 heavy (non-hydrogen) atoms. The van der Waals surface area contributed by atoms with E-state index >= 15 is 0 Å². The number of pyridine rings is 1. The fourth-order valence-corrected chi connectivity index (χ4v) is 9.53. The minimum atomic E-state index is -0.753. The number of aliphatic hydroxyl groups is 1. The van der Waals surface area contributed by atoms with Gasteiger partial charge in [0.2, 0.25) is 11.8 Å². The summed E-state index contributed by atoms with van der Waals surface area (Å²) in [5.74, 6) is 0.717. The van der Waals surface area contributed by atoms with Gasteiger partial charge in [0.1, 0.15) is 11.6 Å². The molecule has 0 radical (unpaired) electrons. The van der Waals surface area contributed by atoms with Crippen LogP contribution in [-0.4, -0.2) is 93.2 Å². The maximum absolute atomic E-state index is 13.5. The van der Waals surface area contributed by atoms with E-state index in [0.717, 1.165) is 58.2 Å². The van der Waals surface area contributed by atoms with Crippen molar-refractivity contribution in [1.82, 2.24) is 19.7 Å². The molecule has 4 aliphatic rings.